The van der Waals surface area contributed by atoms with Crippen LogP contribution in [0.15, 0.2) is 23.0 Å². The fourth-order valence-corrected chi connectivity index (χ4v) is 2.77. The van der Waals surface area contributed by atoms with Gasteiger partial charge in [-0.2, -0.15) is 5.10 Å². The first-order valence-corrected chi connectivity index (χ1v) is 6.85. The molecule has 0 bridgehead atoms. The number of hydrogen-bond donors (Lipinski definition) is 2. The standard InChI is InChI=1S/C15H12ClN3O3/c1-7-11-13(21)14(22)12(17-15(11)19(2)18-7)9-4-3-8(6-20)5-10(9)16/h3-6,22H,1-2H3,(H,17,21). The van der Waals surface area contributed by atoms with Crippen molar-refractivity contribution in [3.05, 3.63) is 44.7 Å². The molecule has 7 heteroatoms. The van der Waals surface area contributed by atoms with Crippen molar-refractivity contribution in [2.24, 2.45) is 7.05 Å². The number of pyridine rings is 1. The highest BCUT2D eigenvalue weighted by molar-refractivity contribution is 6.33. The first kappa shape index (κ1) is 14.3. The van der Waals surface area contributed by atoms with Crippen molar-refractivity contribution in [2.45, 2.75) is 6.92 Å². The lowest BCUT2D eigenvalue weighted by molar-refractivity contribution is 0.112. The molecule has 0 aliphatic heterocycles. The van der Waals surface area contributed by atoms with Gasteiger partial charge in [-0.05, 0) is 13.0 Å². The second-order valence-electron chi connectivity index (χ2n) is 4.97. The van der Waals surface area contributed by atoms with Crippen molar-refractivity contribution in [1.82, 2.24) is 14.8 Å². The lowest BCUT2D eigenvalue weighted by atomic mass is 10.1. The van der Waals surface area contributed by atoms with E-state index < -0.39 is 11.2 Å². The number of halogens is 1. The zero-order valence-corrected chi connectivity index (χ0v) is 12.6. The fourth-order valence-electron chi connectivity index (χ4n) is 2.49. The Morgan fingerprint density at radius 1 is 1.41 bits per heavy atom. The summed E-state index contributed by atoms with van der Waals surface area (Å²) in [4.78, 5) is 26.1. The largest absolute Gasteiger partial charge is 0.503 e. The number of aromatic amines is 1. The number of aryl methyl sites for hydroxylation is 2. The van der Waals surface area contributed by atoms with Gasteiger partial charge in [-0.3, -0.25) is 14.3 Å². The van der Waals surface area contributed by atoms with Gasteiger partial charge in [-0.1, -0.05) is 23.7 Å². The Labute approximate surface area is 130 Å². The van der Waals surface area contributed by atoms with Crippen LogP contribution in [0.3, 0.4) is 0 Å². The maximum absolute atomic E-state index is 12.4. The number of carbonyl (C=O) groups excluding carboxylic acids is 1. The third-order valence-corrected chi connectivity index (χ3v) is 3.86. The van der Waals surface area contributed by atoms with Crippen LogP contribution in [0, 0.1) is 6.92 Å². The minimum Gasteiger partial charge on any atom is -0.503 e. The topological polar surface area (TPSA) is 88.0 Å². The Morgan fingerprint density at radius 3 is 2.77 bits per heavy atom. The molecule has 2 aromatic heterocycles. The molecule has 3 aromatic rings. The second-order valence-corrected chi connectivity index (χ2v) is 5.37. The Morgan fingerprint density at radius 2 is 2.14 bits per heavy atom. The molecule has 0 atom stereocenters. The molecule has 0 spiro atoms. The van der Waals surface area contributed by atoms with E-state index in [1.807, 2.05) is 0 Å². The number of aldehydes is 1. The highest BCUT2D eigenvalue weighted by Gasteiger charge is 2.19. The summed E-state index contributed by atoms with van der Waals surface area (Å²) in [6.45, 7) is 1.70. The van der Waals surface area contributed by atoms with Crippen LogP contribution < -0.4 is 5.43 Å². The van der Waals surface area contributed by atoms with Crippen molar-refractivity contribution in [1.29, 1.82) is 0 Å². The number of aromatic hydroxyl groups is 1. The molecule has 0 unspecified atom stereocenters. The van der Waals surface area contributed by atoms with Gasteiger partial charge < -0.3 is 10.1 Å². The summed E-state index contributed by atoms with van der Waals surface area (Å²) in [5.41, 5.74) is 1.55. The van der Waals surface area contributed by atoms with E-state index in [9.17, 15) is 14.7 Å². The van der Waals surface area contributed by atoms with Crippen molar-refractivity contribution < 1.29 is 9.90 Å². The first-order chi connectivity index (χ1) is 10.4. The van der Waals surface area contributed by atoms with Gasteiger partial charge >= 0.3 is 0 Å². The number of aromatic nitrogens is 3. The normalized spacial score (nSPS) is 11.0. The van der Waals surface area contributed by atoms with Crippen molar-refractivity contribution in [2.75, 3.05) is 0 Å². The van der Waals surface area contributed by atoms with Gasteiger partial charge in [0.25, 0.3) is 0 Å². The Hall–Kier alpha value is -2.60. The lowest BCUT2D eigenvalue weighted by Gasteiger charge is -2.08. The molecule has 22 heavy (non-hydrogen) atoms. The summed E-state index contributed by atoms with van der Waals surface area (Å²) >= 11 is 6.15. The zero-order chi connectivity index (χ0) is 16.0. The number of nitrogens with one attached hydrogen (secondary N) is 1. The average Bonchev–Trinajstić information content (AvgIpc) is 2.77. The van der Waals surface area contributed by atoms with E-state index in [-0.39, 0.29) is 10.7 Å². The van der Waals surface area contributed by atoms with Crippen LogP contribution in [0.25, 0.3) is 22.3 Å². The second kappa shape index (κ2) is 4.99. The Kier molecular flexibility index (Phi) is 3.26. The predicted octanol–water partition coefficient (Wildman–Crippen LogP) is 2.41. The minimum absolute atomic E-state index is 0.197. The first-order valence-electron chi connectivity index (χ1n) is 6.47. The monoisotopic (exact) mass is 317 g/mol. The molecule has 3 rings (SSSR count). The Bertz CT molecular complexity index is 972. The van der Waals surface area contributed by atoms with Crippen molar-refractivity contribution in [3.63, 3.8) is 0 Å². The molecule has 0 aliphatic rings. The molecule has 0 fully saturated rings. The number of benzene rings is 1. The summed E-state index contributed by atoms with van der Waals surface area (Å²) in [7, 11) is 1.70. The molecule has 0 aliphatic carbocycles. The fraction of sp³-hybridized carbons (Fsp3) is 0.133. The summed E-state index contributed by atoms with van der Waals surface area (Å²) < 4.78 is 1.53. The highest BCUT2D eigenvalue weighted by atomic mass is 35.5. The molecule has 0 amide bonds. The molecule has 112 valence electrons. The molecule has 1 aromatic carbocycles. The Balaban J connectivity index is 2.37. The van der Waals surface area contributed by atoms with Gasteiger partial charge in [0.2, 0.25) is 5.43 Å². The molecule has 0 saturated heterocycles. The molecule has 0 saturated carbocycles. The lowest BCUT2D eigenvalue weighted by Crippen LogP contribution is -2.06. The summed E-state index contributed by atoms with van der Waals surface area (Å²) in [5.74, 6) is -0.427. The van der Waals surface area contributed by atoms with Gasteiger partial charge in [0.05, 0.1) is 21.8 Å². The van der Waals surface area contributed by atoms with Crippen LogP contribution >= 0.6 is 11.6 Å². The third kappa shape index (κ3) is 2.00. The van der Waals surface area contributed by atoms with Crippen LogP contribution in [0.4, 0.5) is 0 Å². The smallest absolute Gasteiger partial charge is 0.235 e. The van der Waals surface area contributed by atoms with E-state index in [1.165, 1.54) is 10.7 Å². The average molecular weight is 318 g/mol. The summed E-state index contributed by atoms with van der Waals surface area (Å²) in [6.07, 6.45) is 0.673. The van der Waals surface area contributed by atoms with E-state index in [4.69, 9.17) is 11.6 Å². The number of H-pyrrole nitrogens is 1. The van der Waals surface area contributed by atoms with E-state index >= 15 is 0 Å². The maximum Gasteiger partial charge on any atom is 0.235 e. The van der Waals surface area contributed by atoms with Gasteiger partial charge in [0, 0.05) is 18.2 Å². The van der Waals surface area contributed by atoms with Crippen LogP contribution in [0.2, 0.25) is 5.02 Å². The minimum atomic E-state index is -0.509. The molecule has 6 nitrogen and oxygen atoms in total. The maximum atomic E-state index is 12.4. The zero-order valence-electron chi connectivity index (χ0n) is 11.8. The van der Waals surface area contributed by atoms with Crippen LogP contribution in [0.1, 0.15) is 16.1 Å². The summed E-state index contributed by atoms with van der Waals surface area (Å²) in [6, 6.07) is 4.61. The van der Waals surface area contributed by atoms with Crippen molar-refractivity contribution >= 4 is 28.9 Å². The third-order valence-electron chi connectivity index (χ3n) is 3.54. The quantitative estimate of drug-likeness (QED) is 0.710. The molecule has 0 radical (unpaired) electrons. The van der Waals surface area contributed by atoms with E-state index in [2.05, 4.69) is 10.1 Å². The SMILES string of the molecule is Cc1nn(C)c2[nH]c(-c3ccc(C=O)cc3Cl)c(O)c(=O)c12. The molecular formula is C15H12ClN3O3. The molecule has 2 heterocycles. The van der Waals surface area contributed by atoms with Crippen molar-refractivity contribution in [3.8, 4) is 17.0 Å². The molecule has 2 N–H and O–H groups in total. The van der Waals surface area contributed by atoms with E-state index in [0.29, 0.717) is 34.1 Å². The molecular weight excluding hydrogens is 306 g/mol. The number of carbonyl (C=O) groups is 1. The van der Waals surface area contributed by atoms with E-state index in [1.54, 1.807) is 26.1 Å². The number of hydrogen-bond acceptors (Lipinski definition) is 4. The highest BCUT2D eigenvalue weighted by Crippen LogP contribution is 2.33. The van der Waals surface area contributed by atoms with Gasteiger partial charge in [0.1, 0.15) is 11.9 Å². The van der Waals surface area contributed by atoms with Gasteiger partial charge in [0.15, 0.2) is 5.75 Å². The van der Waals surface area contributed by atoms with Gasteiger partial charge in [-0.25, -0.2) is 0 Å². The van der Waals surface area contributed by atoms with Crippen LogP contribution in [-0.4, -0.2) is 26.2 Å². The number of nitrogens with zero attached hydrogens (tertiary/aromatic N) is 2. The number of rotatable bonds is 2. The summed E-state index contributed by atoms with van der Waals surface area (Å²) in [5, 5.41) is 15.0. The van der Waals surface area contributed by atoms with Crippen LogP contribution in [-0.2, 0) is 7.05 Å². The van der Waals surface area contributed by atoms with Crippen LogP contribution in [0.5, 0.6) is 5.75 Å². The van der Waals surface area contributed by atoms with E-state index in [0.717, 1.165) is 0 Å². The number of fused-ring (bicyclic) bond motifs is 1. The van der Waals surface area contributed by atoms with Gasteiger partial charge in [-0.15, -0.1) is 0 Å². The predicted molar refractivity (Wildman–Crippen MR) is 83.6 cm³/mol.